The molecule has 0 saturated heterocycles. The van der Waals surface area contributed by atoms with Crippen molar-refractivity contribution >= 4 is 11.6 Å². The van der Waals surface area contributed by atoms with E-state index in [1.54, 1.807) is 0 Å². The molecule has 1 aliphatic heterocycles. The monoisotopic (exact) mass is 264 g/mol. The van der Waals surface area contributed by atoms with Gasteiger partial charge in [0.25, 0.3) is 0 Å². The lowest BCUT2D eigenvalue weighted by molar-refractivity contribution is -0.134. The van der Waals surface area contributed by atoms with Crippen LogP contribution >= 0.6 is 0 Å². The van der Waals surface area contributed by atoms with E-state index in [9.17, 15) is 4.79 Å². The van der Waals surface area contributed by atoms with Crippen LogP contribution in [-0.2, 0) is 4.79 Å². The summed E-state index contributed by atoms with van der Waals surface area (Å²) in [5.74, 6) is -0.201. The Bertz CT molecular complexity index is 430. The van der Waals surface area contributed by atoms with Gasteiger partial charge in [-0.3, -0.25) is 4.79 Å². The number of aliphatic hydroxyl groups excluding tert-OH is 2. The Kier molecular flexibility index (Phi) is 4.76. The molecule has 2 rings (SSSR count). The molecule has 19 heavy (non-hydrogen) atoms. The van der Waals surface area contributed by atoms with Gasteiger partial charge in [-0.1, -0.05) is 18.2 Å². The van der Waals surface area contributed by atoms with Gasteiger partial charge in [-0.15, -0.1) is 0 Å². The van der Waals surface area contributed by atoms with Crippen LogP contribution in [-0.4, -0.2) is 53.9 Å². The lowest BCUT2D eigenvalue weighted by Crippen LogP contribution is -2.40. The van der Waals surface area contributed by atoms with Crippen LogP contribution in [0.2, 0.25) is 0 Å². The molecule has 0 aromatic heterocycles. The van der Waals surface area contributed by atoms with Crippen molar-refractivity contribution in [2.24, 2.45) is 0 Å². The molecule has 1 aliphatic rings. The van der Waals surface area contributed by atoms with Gasteiger partial charge in [0.15, 0.2) is 0 Å². The predicted molar refractivity (Wildman–Crippen MR) is 73.0 cm³/mol. The third kappa shape index (κ3) is 3.05. The van der Waals surface area contributed by atoms with Crippen molar-refractivity contribution in [3.8, 4) is 0 Å². The quantitative estimate of drug-likeness (QED) is 0.720. The van der Waals surface area contributed by atoms with Gasteiger partial charge >= 0.3 is 0 Å². The van der Waals surface area contributed by atoms with Gasteiger partial charge in [0, 0.05) is 25.3 Å². The number of nitrogens with one attached hydrogen (secondary N) is 1. The normalized spacial score (nSPS) is 17.5. The summed E-state index contributed by atoms with van der Waals surface area (Å²) in [4.78, 5) is 14.1. The summed E-state index contributed by atoms with van der Waals surface area (Å²) in [6, 6.07) is 7.80. The van der Waals surface area contributed by atoms with Crippen LogP contribution < -0.4 is 5.32 Å². The lowest BCUT2D eigenvalue weighted by Gasteiger charge is -2.30. The van der Waals surface area contributed by atoms with Gasteiger partial charge < -0.3 is 20.4 Å². The van der Waals surface area contributed by atoms with Crippen LogP contribution in [0.4, 0.5) is 5.69 Å². The topological polar surface area (TPSA) is 72.8 Å². The van der Waals surface area contributed by atoms with E-state index in [0.717, 1.165) is 24.2 Å². The molecule has 5 heteroatoms. The van der Waals surface area contributed by atoms with Gasteiger partial charge in [0.05, 0.1) is 19.1 Å². The molecule has 1 atom stereocenters. The molecular formula is C14H20N2O3. The van der Waals surface area contributed by atoms with E-state index in [4.69, 9.17) is 10.2 Å². The van der Waals surface area contributed by atoms with Gasteiger partial charge in [-0.2, -0.15) is 0 Å². The van der Waals surface area contributed by atoms with Crippen molar-refractivity contribution in [1.82, 2.24) is 4.90 Å². The highest BCUT2D eigenvalue weighted by atomic mass is 16.3. The number of aliphatic hydroxyl groups is 2. The summed E-state index contributed by atoms with van der Waals surface area (Å²) in [5, 5.41) is 21.3. The minimum atomic E-state index is -0.185. The van der Waals surface area contributed by atoms with E-state index in [0.29, 0.717) is 0 Å². The second kappa shape index (κ2) is 6.54. The highest BCUT2D eigenvalue weighted by Gasteiger charge is 2.29. The zero-order valence-corrected chi connectivity index (χ0v) is 10.9. The number of fused-ring (bicyclic) bond motifs is 1. The molecule has 1 unspecified atom stereocenters. The van der Waals surface area contributed by atoms with Gasteiger partial charge in [-0.25, -0.2) is 0 Å². The lowest BCUT2D eigenvalue weighted by atomic mass is 9.90. The fourth-order valence-corrected chi connectivity index (χ4v) is 2.52. The number of hydrogen-bond acceptors (Lipinski definition) is 4. The molecule has 1 aromatic rings. The Morgan fingerprint density at radius 2 is 1.95 bits per heavy atom. The molecule has 0 spiro atoms. The Hall–Kier alpha value is -1.59. The maximum Gasteiger partial charge on any atom is 0.230 e. The Balaban J connectivity index is 2.19. The van der Waals surface area contributed by atoms with Gasteiger partial charge in [-0.05, 0) is 18.1 Å². The molecule has 0 saturated carbocycles. The molecule has 0 radical (unpaired) electrons. The van der Waals surface area contributed by atoms with Crippen molar-refractivity contribution in [1.29, 1.82) is 0 Å². The fraction of sp³-hybridized carbons (Fsp3) is 0.500. The van der Waals surface area contributed by atoms with E-state index < -0.39 is 0 Å². The third-order valence-electron chi connectivity index (χ3n) is 3.43. The maximum absolute atomic E-state index is 12.5. The molecule has 3 N–H and O–H groups in total. The number of carbonyl (C=O) groups excluding carboxylic acids is 1. The average Bonchev–Trinajstić information content (AvgIpc) is 2.46. The molecule has 1 amide bonds. The first-order chi connectivity index (χ1) is 9.27. The predicted octanol–water partition coefficient (Wildman–Crippen LogP) is 0.399. The van der Waals surface area contributed by atoms with E-state index >= 15 is 0 Å². The van der Waals surface area contributed by atoms with Crippen molar-refractivity contribution in [3.05, 3.63) is 29.8 Å². The number of carbonyl (C=O) groups is 1. The minimum absolute atomic E-state index is 0.0166. The standard InChI is InChI=1S/C14H20N2O3/c17-9-7-16(8-10-18)14(19)12-5-6-15-13-4-2-1-3-11(12)13/h1-4,12,15,17-18H,5-10H2. The van der Waals surface area contributed by atoms with E-state index in [2.05, 4.69) is 5.32 Å². The van der Waals surface area contributed by atoms with Crippen molar-refractivity contribution in [3.63, 3.8) is 0 Å². The van der Waals surface area contributed by atoms with Crippen LogP contribution in [0.5, 0.6) is 0 Å². The second-order valence-electron chi connectivity index (χ2n) is 4.63. The van der Waals surface area contributed by atoms with Gasteiger partial charge in [0.1, 0.15) is 0 Å². The maximum atomic E-state index is 12.5. The fourth-order valence-electron chi connectivity index (χ4n) is 2.52. The Morgan fingerprint density at radius 3 is 2.63 bits per heavy atom. The van der Waals surface area contributed by atoms with Crippen LogP contribution in [0.15, 0.2) is 24.3 Å². The third-order valence-corrected chi connectivity index (χ3v) is 3.43. The van der Waals surface area contributed by atoms with E-state index in [1.165, 1.54) is 4.90 Å². The summed E-state index contributed by atoms with van der Waals surface area (Å²) in [7, 11) is 0. The van der Waals surface area contributed by atoms with E-state index in [1.807, 2.05) is 24.3 Å². The number of para-hydroxylation sites is 1. The minimum Gasteiger partial charge on any atom is -0.395 e. The average molecular weight is 264 g/mol. The summed E-state index contributed by atoms with van der Waals surface area (Å²) in [5.41, 5.74) is 2.00. The number of amides is 1. The molecule has 0 aliphatic carbocycles. The molecule has 5 nitrogen and oxygen atoms in total. The van der Waals surface area contributed by atoms with Crippen LogP contribution in [0.1, 0.15) is 17.9 Å². The van der Waals surface area contributed by atoms with Crippen LogP contribution in [0.25, 0.3) is 0 Å². The van der Waals surface area contributed by atoms with Crippen molar-refractivity contribution < 1.29 is 15.0 Å². The molecule has 0 fully saturated rings. The smallest absolute Gasteiger partial charge is 0.230 e. The molecule has 0 bridgehead atoms. The summed E-state index contributed by atoms with van der Waals surface area (Å²) < 4.78 is 0. The van der Waals surface area contributed by atoms with Gasteiger partial charge in [0.2, 0.25) is 5.91 Å². The highest BCUT2D eigenvalue weighted by molar-refractivity contribution is 5.86. The molecule has 1 heterocycles. The number of hydrogen-bond donors (Lipinski definition) is 3. The largest absolute Gasteiger partial charge is 0.395 e. The van der Waals surface area contributed by atoms with Crippen molar-refractivity contribution in [2.75, 3.05) is 38.2 Å². The number of benzene rings is 1. The summed E-state index contributed by atoms with van der Waals surface area (Å²) in [6.45, 7) is 1.13. The molecule has 1 aromatic carbocycles. The first-order valence-corrected chi connectivity index (χ1v) is 6.61. The molecular weight excluding hydrogens is 244 g/mol. The highest BCUT2D eigenvalue weighted by Crippen LogP contribution is 2.32. The van der Waals surface area contributed by atoms with Crippen LogP contribution in [0, 0.1) is 0 Å². The molecule has 104 valence electrons. The van der Waals surface area contributed by atoms with Crippen LogP contribution in [0.3, 0.4) is 0 Å². The Labute approximate surface area is 112 Å². The second-order valence-corrected chi connectivity index (χ2v) is 4.63. The SMILES string of the molecule is O=C(C1CCNc2ccccc21)N(CCO)CCO. The number of nitrogens with zero attached hydrogens (tertiary/aromatic N) is 1. The Morgan fingerprint density at radius 1 is 1.26 bits per heavy atom. The first-order valence-electron chi connectivity index (χ1n) is 6.61. The first kappa shape index (κ1) is 13.8. The van der Waals surface area contributed by atoms with E-state index in [-0.39, 0.29) is 38.1 Å². The number of anilines is 1. The zero-order valence-electron chi connectivity index (χ0n) is 10.9. The van der Waals surface area contributed by atoms with Crippen molar-refractivity contribution in [2.45, 2.75) is 12.3 Å². The summed E-state index contributed by atoms with van der Waals surface area (Å²) in [6.07, 6.45) is 0.739. The number of rotatable bonds is 5. The summed E-state index contributed by atoms with van der Waals surface area (Å²) >= 11 is 0. The zero-order chi connectivity index (χ0) is 13.7.